The molecule has 2 nitrogen and oxygen atoms in total. The van der Waals surface area contributed by atoms with Crippen molar-refractivity contribution in [2.24, 2.45) is 5.73 Å². The minimum absolute atomic E-state index is 0.413. The Morgan fingerprint density at radius 2 is 2.00 bits per heavy atom. The number of aryl methyl sites for hydroxylation is 1. The van der Waals surface area contributed by atoms with Gasteiger partial charge in [-0.05, 0) is 65.7 Å². The molecule has 0 aromatic heterocycles. The van der Waals surface area contributed by atoms with Crippen LogP contribution in [-0.2, 0) is 0 Å². The van der Waals surface area contributed by atoms with Crippen LogP contribution >= 0.6 is 28.1 Å². The number of thiocarbonyl (C=S) groups is 1. The molecule has 104 valence electrons. The highest BCUT2D eigenvalue weighted by molar-refractivity contribution is 9.10. The van der Waals surface area contributed by atoms with Crippen LogP contribution in [0.5, 0.6) is 0 Å². The molecular formula is C16H17BrN2S. The zero-order valence-electron chi connectivity index (χ0n) is 11.6. The quantitative estimate of drug-likeness (QED) is 0.821. The van der Waals surface area contributed by atoms with Gasteiger partial charge in [0.25, 0.3) is 0 Å². The first kappa shape index (κ1) is 15.0. The normalized spacial score (nSPS) is 10.3. The fourth-order valence-electron chi connectivity index (χ4n) is 2.17. The molecule has 20 heavy (non-hydrogen) atoms. The largest absolute Gasteiger partial charge is 0.389 e. The molecule has 0 fully saturated rings. The molecule has 0 aliphatic rings. The fraction of sp³-hybridized carbons (Fsp3) is 0.188. The van der Waals surface area contributed by atoms with Gasteiger partial charge in [0.15, 0.2) is 0 Å². The van der Waals surface area contributed by atoms with E-state index in [4.69, 9.17) is 18.0 Å². The van der Waals surface area contributed by atoms with E-state index in [1.54, 1.807) is 0 Å². The van der Waals surface area contributed by atoms with E-state index in [1.165, 1.54) is 11.3 Å². The topological polar surface area (TPSA) is 29.3 Å². The molecule has 0 aliphatic carbocycles. The van der Waals surface area contributed by atoms with Crippen molar-refractivity contribution in [3.8, 4) is 0 Å². The molecule has 2 aromatic rings. The summed E-state index contributed by atoms with van der Waals surface area (Å²) >= 11 is 8.63. The average molecular weight is 349 g/mol. The molecule has 0 bridgehead atoms. The predicted molar refractivity (Wildman–Crippen MR) is 93.9 cm³/mol. The lowest BCUT2D eigenvalue weighted by atomic mass is 10.1. The first-order valence-corrected chi connectivity index (χ1v) is 7.66. The highest BCUT2D eigenvalue weighted by Gasteiger charge is 2.12. The van der Waals surface area contributed by atoms with E-state index in [0.717, 1.165) is 22.3 Å². The zero-order valence-corrected chi connectivity index (χ0v) is 14.0. The van der Waals surface area contributed by atoms with Gasteiger partial charge in [0.1, 0.15) is 4.99 Å². The average Bonchev–Trinajstić information content (AvgIpc) is 2.41. The monoisotopic (exact) mass is 348 g/mol. The first-order chi connectivity index (χ1) is 9.52. The molecular weight excluding hydrogens is 332 g/mol. The molecule has 0 atom stereocenters. The van der Waals surface area contributed by atoms with Crippen LogP contribution in [0.2, 0.25) is 0 Å². The van der Waals surface area contributed by atoms with Crippen LogP contribution in [-0.4, -0.2) is 11.5 Å². The summed E-state index contributed by atoms with van der Waals surface area (Å²) in [6.07, 6.45) is 0. The summed E-state index contributed by atoms with van der Waals surface area (Å²) in [4.78, 5) is 2.66. The van der Waals surface area contributed by atoms with Crippen LogP contribution in [0.3, 0.4) is 0 Å². The van der Waals surface area contributed by atoms with Crippen molar-refractivity contribution in [3.63, 3.8) is 0 Å². The molecule has 0 heterocycles. The van der Waals surface area contributed by atoms with Crippen LogP contribution < -0.4 is 10.6 Å². The predicted octanol–water partition coefficient (Wildman–Crippen LogP) is 4.55. The molecule has 2 N–H and O–H groups in total. The molecule has 0 aliphatic heterocycles. The van der Waals surface area contributed by atoms with E-state index in [-0.39, 0.29) is 0 Å². The third kappa shape index (κ3) is 3.19. The maximum atomic E-state index is 5.67. The standard InChI is InChI=1S/C16H17BrN2S/c1-3-19(13-6-4-5-11(2)9-13)15-8-7-12(16(18)20)10-14(15)17/h4-10H,3H2,1-2H3,(H2,18,20). The number of hydrogen-bond acceptors (Lipinski definition) is 2. The van der Waals surface area contributed by atoms with Gasteiger partial charge in [0.05, 0.1) is 5.69 Å². The van der Waals surface area contributed by atoms with Crippen molar-refractivity contribution < 1.29 is 0 Å². The van der Waals surface area contributed by atoms with Gasteiger partial charge in [-0.2, -0.15) is 0 Å². The highest BCUT2D eigenvalue weighted by Crippen LogP contribution is 2.33. The van der Waals surface area contributed by atoms with Gasteiger partial charge in [-0.15, -0.1) is 0 Å². The van der Waals surface area contributed by atoms with E-state index in [1.807, 2.05) is 18.2 Å². The SMILES string of the molecule is CCN(c1cccc(C)c1)c1ccc(C(N)=S)cc1Br. The highest BCUT2D eigenvalue weighted by atomic mass is 79.9. The third-order valence-corrected chi connectivity index (χ3v) is 4.02. The van der Waals surface area contributed by atoms with E-state index in [0.29, 0.717) is 4.99 Å². The number of rotatable bonds is 4. The first-order valence-electron chi connectivity index (χ1n) is 6.46. The minimum atomic E-state index is 0.413. The van der Waals surface area contributed by atoms with E-state index in [2.05, 4.69) is 58.9 Å². The molecule has 0 saturated heterocycles. The van der Waals surface area contributed by atoms with E-state index in [9.17, 15) is 0 Å². The number of anilines is 2. The van der Waals surface area contributed by atoms with Crippen LogP contribution in [0.15, 0.2) is 46.9 Å². The smallest absolute Gasteiger partial charge is 0.104 e. The fourth-order valence-corrected chi connectivity index (χ4v) is 2.89. The molecule has 4 heteroatoms. The molecule has 0 radical (unpaired) electrons. The molecule has 2 rings (SSSR count). The van der Waals surface area contributed by atoms with Gasteiger partial charge in [0, 0.05) is 22.3 Å². The summed E-state index contributed by atoms with van der Waals surface area (Å²) in [6.45, 7) is 5.12. The van der Waals surface area contributed by atoms with Crippen molar-refractivity contribution in [2.45, 2.75) is 13.8 Å². The van der Waals surface area contributed by atoms with Crippen molar-refractivity contribution in [2.75, 3.05) is 11.4 Å². The summed E-state index contributed by atoms with van der Waals surface area (Å²) in [6, 6.07) is 14.4. The Hall–Kier alpha value is -1.39. The lowest BCUT2D eigenvalue weighted by Gasteiger charge is -2.25. The lowest BCUT2D eigenvalue weighted by Crippen LogP contribution is -2.17. The van der Waals surface area contributed by atoms with E-state index >= 15 is 0 Å². The van der Waals surface area contributed by atoms with Crippen LogP contribution in [0, 0.1) is 6.92 Å². The summed E-state index contributed by atoms with van der Waals surface area (Å²) < 4.78 is 0.992. The Bertz CT molecular complexity index is 640. The van der Waals surface area contributed by atoms with Crippen molar-refractivity contribution in [1.29, 1.82) is 0 Å². The molecule has 0 amide bonds. The summed E-state index contributed by atoms with van der Waals surface area (Å²) in [7, 11) is 0. The van der Waals surface area contributed by atoms with Crippen LogP contribution in [0.4, 0.5) is 11.4 Å². The molecule has 0 saturated carbocycles. The third-order valence-electron chi connectivity index (χ3n) is 3.15. The Morgan fingerprint density at radius 3 is 2.55 bits per heavy atom. The van der Waals surface area contributed by atoms with E-state index < -0.39 is 0 Å². The second-order valence-electron chi connectivity index (χ2n) is 4.61. The number of nitrogens with zero attached hydrogens (tertiary/aromatic N) is 1. The van der Waals surface area contributed by atoms with Gasteiger partial charge in [0.2, 0.25) is 0 Å². The van der Waals surface area contributed by atoms with Crippen LogP contribution in [0.1, 0.15) is 18.1 Å². The second-order valence-corrected chi connectivity index (χ2v) is 5.91. The van der Waals surface area contributed by atoms with Gasteiger partial charge in [-0.3, -0.25) is 0 Å². The molecule has 0 spiro atoms. The van der Waals surface area contributed by atoms with Crippen molar-refractivity contribution in [3.05, 3.63) is 58.1 Å². The van der Waals surface area contributed by atoms with Crippen molar-refractivity contribution in [1.82, 2.24) is 0 Å². The van der Waals surface area contributed by atoms with Gasteiger partial charge in [-0.25, -0.2) is 0 Å². The second kappa shape index (κ2) is 6.37. The maximum Gasteiger partial charge on any atom is 0.104 e. The zero-order chi connectivity index (χ0) is 14.7. The number of hydrogen-bond donors (Lipinski definition) is 1. The Balaban J connectivity index is 2.44. The van der Waals surface area contributed by atoms with Gasteiger partial charge >= 0.3 is 0 Å². The summed E-state index contributed by atoms with van der Waals surface area (Å²) in [5.74, 6) is 0. The Morgan fingerprint density at radius 1 is 1.25 bits per heavy atom. The van der Waals surface area contributed by atoms with Crippen molar-refractivity contribution >= 4 is 44.5 Å². The van der Waals surface area contributed by atoms with Crippen LogP contribution in [0.25, 0.3) is 0 Å². The molecule has 0 unspecified atom stereocenters. The van der Waals surface area contributed by atoms with Gasteiger partial charge in [-0.1, -0.05) is 24.4 Å². The van der Waals surface area contributed by atoms with Gasteiger partial charge < -0.3 is 10.6 Å². The number of halogens is 1. The minimum Gasteiger partial charge on any atom is -0.389 e. The number of nitrogens with two attached hydrogens (primary N) is 1. The Labute approximate surface area is 133 Å². The summed E-state index contributed by atoms with van der Waals surface area (Å²) in [5.41, 5.74) is 10.1. The maximum absolute atomic E-state index is 5.67. The summed E-state index contributed by atoms with van der Waals surface area (Å²) in [5, 5.41) is 0. The lowest BCUT2D eigenvalue weighted by molar-refractivity contribution is 1.02. The Kier molecular flexibility index (Phi) is 4.78. The molecule has 2 aromatic carbocycles. The number of benzene rings is 2.